The van der Waals surface area contributed by atoms with Crippen LogP contribution >= 0.6 is 12.2 Å². The molecule has 16 heavy (non-hydrogen) atoms. The molecular weight excluding hydrogens is 220 g/mol. The van der Waals surface area contributed by atoms with E-state index in [1.807, 2.05) is 0 Å². The zero-order chi connectivity index (χ0) is 11.5. The van der Waals surface area contributed by atoms with Gasteiger partial charge in [0.25, 0.3) is 0 Å². The lowest BCUT2D eigenvalue weighted by Crippen LogP contribution is -2.41. The van der Waals surface area contributed by atoms with Crippen molar-refractivity contribution in [3.05, 3.63) is 0 Å². The zero-order valence-corrected chi connectivity index (χ0v) is 10.5. The van der Waals surface area contributed by atoms with Crippen LogP contribution in [0.2, 0.25) is 0 Å². The van der Waals surface area contributed by atoms with Gasteiger partial charge in [-0.1, -0.05) is 25.1 Å². The highest BCUT2D eigenvalue weighted by Crippen LogP contribution is 2.34. The lowest BCUT2D eigenvalue weighted by atomic mass is 10.1. The second-order valence-corrected chi connectivity index (χ2v) is 5.48. The first-order chi connectivity index (χ1) is 7.68. The summed E-state index contributed by atoms with van der Waals surface area (Å²) >= 11 is 4.90. The third-order valence-corrected chi connectivity index (χ3v) is 3.78. The molecular formula is C12H20N2OS. The molecule has 0 aromatic rings. The summed E-state index contributed by atoms with van der Waals surface area (Å²) in [4.78, 5) is 14.7. The molecule has 2 N–H and O–H groups in total. The highest BCUT2D eigenvalue weighted by Gasteiger charge is 2.36. The first kappa shape index (κ1) is 11.8. The minimum Gasteiger partial charge on any atom is -0.393 e. The number of hydrogen-bond acceptors (Lipinski definition) is 2. The maximum absolute atomic E-state index is 12.1. The van der Waals surface area contributed by atoms with Crippen LogP contribution in [0, 0.1) is 5.92 Å². The Labute approximate surface area is 102 Å². The molecule has 2 saturated carbocycles. The fourth-order valence-electron chi connectivity index (χ4n) is 2.48. The molecule has 2 aliphatic carbocycles. The van der Waals surface area contributed by atoms with E-state index in [0.717, 1.165) is 32.2 Å². The number of carbonyl (C=O) groups excluding carboxylic acids is 1. The molecule has 0 atom stereocenters. The Bertz CT molecular complexity index is 283. The maximum atomic E-state index is 12.1. The van der Waals surface area contributed by atoms with Crippen molar-refractivity contribution in [1.82, 2.24) is 4.90 Å². The fraction of sp³-hybridized carbons (Fsp3) is 0.833. The van der Waals surface area contributed by atoms with Gasteiger partial charge in [0, 0.05) is 24.9 Å². The Kier molecular flexibility index (Phi) is 3.79. The van der Waals surface area contributed by atoms with E-state index < -0.39 is 0 Å². The van der Waals surface area contributed by atoms with Crippen molar-refractivity contribution in [3.63, 3.8) is 0 Å². The summed E-state index contributed by atoms with van der Waals surface area (Å²) in [6, 6.07) is 0.461. The molecule has 3 nitrogen and oxygen atoms in total. The van der Waals surface area contributed by atoms with Crippen molar-refractivity contribution in [2.24, 2.45) is 11.7 Å². The first-order valence-corrected chi connectivity index (χ1v) is 6.68. The Hall–Kier alpha value is -0.640. The van der Waals surface area contributed by atoms with Crippen LogP contribution in [0.3, 0.4) is 0 Å². The predicted octanol–water partition coefficient (Wildman–Crippen LogP) is 1.84. The summed E-state index contributed by atoms with van der Waals surface area (Å²) < 4.78 is 0. The van der Waals surface area contributed by atoms with Gasteiger partial charge in [0.15, 0.2) is 0 Å². The van der Waals surface area contributed by atoms with Gasteiger partial charge in [-0.05, 0) is 25.7 Å². The van der Waals surface area contributed by atoms with E-state index >= 15 is 0 Å². The van der Waals surface area contributed by atoms with Crippen LogP contribution in [0.5, 0.6) is 0 Å². The van der Waals surface area contributed by atoms with Crippen molar-refractivity contribution in [2.45, 2.75) is 51.0 Å². The molecule has 2 fully saturated rings. The molecule has 0 unspecified atom stereocenters. The minimum atomic E-state index is 0.312. The van der Waals surface area contributed by atoms with Crippen molar-refractivity contribution in [1.29, 1.82) is 0 Å². The van der Waals surface area contributed by atoms with Crippen molar-refractivity contribution in [2.75, 3.05) is 6.54 Å². The average Bonchev–Trinajstić information content (AvgIpc) is 2.96. The van der Waals surface area contributed by atoms with Gasteiger partial charge in [0.05, 0.1) is 4.99 Å². The van der Waals surface area contributed by atoms with E-state index in [1.165, 1.54) is 12.8 Å². The predicted molar refractivity (Wildman–Crippen MR) is 68.1 cm³/mol. The number of hydrogen-bond donors (Lipinski definition) is 1. The summed E-state index contributed by atoms with van der Waals surface area (Å²) in [7, 11) is 0. The van der Waals surface area contributed by atoms with Gasteiger partial charge in [0.2, 0.25) is 5.91 Å². The smallest absolute Gasteiger partial charge is 0.225 e. The summed E-state index contributed by atoms with van der Waals surface area (Å²) in [5.41, 5.74) is 5.52. The van der Waals surface area contributed by atoms with Gasteiger partial charge in [-0.25, -0.2) is 0 Å². The van der Waals surface area contributed by atoms with E-state index in [9.17, 15) is 4.79 Å². The molecule has 0 radical (unpaired) electrons. The number of nitrogens with zero attached hydrogens (tertiary/aromatic N) is 1. The van der Waals surface area contributed by atoms with Crippen molar-refractivity contribution < 1.29 is 4.79 Å². The van der Waals surface area contributed by atoms with Crippen LogP contribution in [0.1, 0.15) is 44.9 Å². The SMILES string of the molecule is NC(=S)CCN(C(=O)C1CC1)C1CCCC1. The lowest BCUT2D eigenvalue weighted by Gasteiger charge is -2.29. The van der Waals surface area contributed by atoms with E-state index in [2.05, 4.69) is 4.90 Å². The van der Waals surface area contributed by atoms with Gasteiger partial charge < -0.3 is 10.6 Å². The molecule has 4 heteroatoms. The number of amides is 1. The summed E-state index contributed by atoms with van der Waals surface area (Å²) in [6.07, 6.45) is 7.67. The number of carbonyl (C=O) groups is 1. The normalized spacial score (nSPS) is 21.0. The van der Waals surface area contributed by atoms with Crippen LogP contribution in [-0.4, -0.2) is 28.4 Å². The molecule has 0 saturated heterocycles. The summed E-state index contributed by atoms with van der Waals surface area (Å²) in [6.45, 7) is 0.731. The van der Waals surface area contributed by atoms with E-state index in [-0.39, 0.29) is 0 Å². The van der Waals surface area contributed by atoms with Gasteiger partial charge in [0.1, 0.15) is 0 Å². The zero-order valence-electron chi connectivity index (χ0n) is 9.65. The molecule has 0 heterocycles. The van der Waals surface area contributed by atoms with Crippen LogP contribution in [0.25, 0.3) is 0 Å². The van der Waals surface area contributed by atoms with Gasteiger partial charge >= 0.3 is 0 Å². The molecule has 0 bridgehead atoms. The maximum Gasteiger partial charge on any atom is 0.225 e. The highest BCUT2D eigenvalue weighted by molar-refractivity contribution is 7.80. The topological polar surface area (TPSA) is 46.3 Å². The number of nitrogens with two attached hydrogens (primary N) is 1. The van der Waals surface area contributed by atoms with Crippen LogP contribution in [0.4, 0.5) is 0 Å². The average molecular weight is 240 g/mol. The minimum absolute atomic E-state index is 0.312. The Morgan fingerprint density at radius 3 is 2.38 bits per heavy atom. The van der Waals surface area contributed by atoms with E-state index in [0.29, 0.717) is 29.3 Å². The third-order valence-electron chi connectivity index (χ3n) is 3.57. The number of rotatable bonds is 5. The van der Waals surface area contributed by atoms with Gasteiger partial charge in [-0.3, -0.25) is 4.79 Å². The highest BCUT2D eigenvalue weighted by atomic mass is 32.1. The fourth-order valence-corrected chi connectivity index (χ4v) is 2.58. The molecule has 0 aromatic heterocycles. The van der Waals surface area contributed by atoms with E-state index in [1.54, 1.807) is 0 Å². The lowest BCUT2D eigenvalue weighted by molar-refractivity contribution is -0.134. The Morgan fingerprint density at radius 1 is 1.25 bits per heavy atom. The summed E-state index contributed by atoms with van der Waals surface area (Å²) in [5, 5.41) is 0. The second kappa shape index (κ2) is 5.13. The Balaban J connectivity index is 1.93. The van der Waals surface area contributed by atoms with Crippen molar-refractivity contribution in [3.8, 4) is 0 Å². The van der Waals surface area contributed by atoms with E-state index in [4.69, 9.17) is 18.0 Å². The third kappa shape index (κ3) is 2.94. The largest absolute Gasteiger partial charge is 0.393 e. The quantitative estimate of drug-likeness (QED) is 0.746. The molecule has 1 amide bonds. The van der Waals surface area contributed by atoms with Crippen LogP contribution < -0.4 is 5.73 Å². The van der Waals surface area contributed by atoms with Crippen LogP contribution in [-0.2, 0) is 4.79 Å². The Morgan fingerprint density at radius 2 is 1.88 bits per heavy atom. The molecule has 2 aliphatic rings. The molecule has 0 aromatic carbocycles. The van der Waals surface area contributed by atoms with Gasteiger partial charge in [-0.15, -0.1) is 0 Å². The van der Waals surface area contributed by atoms with Gasteiger partial charge in [-0.2, -0.15) is 0 Å². The summed E-state index contributed by atoms with van der Waals surface area (Å²) in [5.74, 6) is 0.662. The molecule has 0 spiro atoms. The molecule has 0 aliphatic heterocycles. The number of thiocarbonyl (C=S) groups is 1. The standard InChI is InChI=1S/C12H20N2OS/c13-11(16)7-8-14(10-3-1-2-4-10)12(15)9-5-6-9/h9-10H,1-8H2,(H2,13,16). The van der Waals surface area contributed by atoms with Crippen LogP contribution in [0.15, 0.2) is 0 Å². The molecule has 2 rings (SSSR count). The monoisotopic (exact) mass is 240 g/mol. The second-order valence-electron chi connectivity index (χ2n) is 4.96. The van der Waals surface area contributed by atoms with Crippen molar-refractivity contribution >= 4 is 23.1 Å². The first-order valence-electron chi connectivity index (χ1n) is 6.27. The molecule has 90 valence electrons.